The lowest BCUT2D eigenvalue weighted by Crippen LogP contribution is -2.20. The summed E-state index contributed by atoms with van der Waals surface area (Å²) in [6.07, 6.45) is 1.50. The topological polar surface area (TPSA) is 79.8 Å². The Labute approximate surface area is 167 Å². The number of hydrogen-bond acceptors (Lipinski definition) is 4. The normalized spacial score (nSPS) is 10.6. The van der Waals surface area contributed by atoms with Crippen molar-refractivity contribution in [3.8, 4) is 5.75 Å². The molecule has 0 radical (unpaired) electrons. The number of carbonyl (C=O) groups is 2. The molecule has 0 aromatic heterocycles. The molecule has 142 valence electrons. The summed E-state index contributed by atoms with van der Waals surface area (Å²) in [5.74, 6) is 0.102. The molecule has 2 aromatic carbocycles. The van der Waals surface area contributed by atoms with Gasteiger partial charge in [-0.3, -0.25) is 9.59 Å². The highest BCUT2D eigenvalue weighted by molar-refractivity contribution is 6.42. The van der Waals surface area contributed by atoms with Gasteiger partial charge in [-0.05, 0) is 48.9 Å². The number of amides is 2. The Kier molecular flexibility index (Phi) is 8.10. The molecule has 0 atom stereocenters. The molecule has 8 heteroatoms. The molecule has 0 saturated heterocycles. The molecule has 0 aliphatic heterocycles. The van der Waals surface area contributed by atoms with Crippen molar-refractivity contribution >= 4 is 46.9 Å². The lowest BCUT2D eigenvalue weighted by Gasteiger charge is -2.07. The van der Waals surface area contributed by atoms with Crippen molar-refractivity contribution < 1.29 is 14.3 Å². The smallest absolute Gasteiger partial charge is 0.240 e. The van der Waals surface area contributed by atoms with Crippen LogP contribution in [0.4, 0.5) is 5.69 Å². The largest absolute Gasteiger partial charge is 0.494 e. The van der Waals surface area contributed by atoms with Crippen molar-refractivity contribution in [1.29, 1.82) is 0 Å². The van der Waals surface area contributed by atoms with Gasteiger partial charge in [0.05, 0.1) is 22.9 Å². The molecule has 6 nitrogen and oxygen atoms in total. The van der Waals surface area contributed by atoms with Gasteiger partial charge in [-0.15, -0.1) is 0 Å². The lowest BCUT2D eigenvalue weighted by atomic mass is 10.2. The number of ether oxygens (including phenoxy) is 1. The van der Waals surface area contributed by atoms with Crippen molar-refractivity contribution in [2.75, 3.05) is 11.9 Å². The number of carbonyl (C=O) groups excluding carboxylic acids is 2. The van der Waals surface area contributed by atoms with E-state index in [0.29, 0.717) is 27.9 Å². The summed E-state index contributed by atoms with van der Waals surface area (Å²) in [4.78, 5) is 23.7. The summed E-state index contributed by atoms with van der Waals surface area (Å²) in [7, 11) is 0. The van der Waals surface area contributed by atoms with E-state index in [-0.39, 0.29) is 24.7 Å². The van der Waals surface area contributed by atoms with E-state index >= 15 is 0 Å². The molecule has 27 heavy (non-hydrogen) atoms. The fourth-order valence-corrected chi connectivity index (χ4v) is 2.39. The van der Waals surface area contributed by atoms with Gasteiger partial charge in [0.25, 0.3) is 0 Å². The third-order valence-electron chi connectivity index (χ3n) is 3.37. The van der Waals surface area contributed by atoms with Crippen molar-refractivity contribution in [1.82, 2.24) is 5.43 Å². The van der Waals surface area contributed by atoms with Crippen LogP contribution in [0.25, 0.3) is 0 Å². The zero-order valence-electron chi connectivity index (χ0n) is 14.7. The van der Waals surface area contributed by atoms with Gasteiger partial charge in [-0.25, -0.2) is 5.43 Å². The third kappa shape index (κ3) is 7.29. The monoisotopic (exact) mass is 407 g/mol. The number of nitrogens with one attached hydrogen (secondary N) is 2. The minimum Gasteiger partial charge on any atom is -0.494 e. The van der Waals surface area contributed by atoms with Gasteiger partial charge in [0.2, 0.25) is 11.8 Å². The standard InChI is InChI=1S/C19H19Cl2N3O3/c1-2-27-15-6-4-14(5-7-15)23-18(25)9-10-19(26)24-22-12-13-3-8-16(20)17(21)11-13/h3-8,11-12H,2,9-10H2,1H3,(H,23,25)(H,24,26)/b22-12+. The van der Waals surface area contributed by atoms with E-state index in [1.807, 2.05) is 6.92 Å². The second-order valence-electron chi connectivity index (χ2n) is 5.47. The Bertz CT molecular complexity index is 823. The fourth-order valence-electron chi connectivity index (χ4n) is 2.08. The minimum absolute atomic E-state index is 0.0155. The molecule has 2 N–H and O–H groups in total. The Hall–Kier alpha value is -2.57. The summed E-state index contributed by atoms with van der Waals surface area (Å²) < 4.78 is 5.33. The van der Waals surface area contributed by atoms with Crippen LogP contribution in [-0.2, 0) is 9.59 Å². The van der Waals surface area contributed by atoms with E-state index in [0.717, 1.165) is 5.75 Å². The van der Waals surface area contributed by atoms with Gasteiger partial charge in [0.15, 0.2) is 0 Å². The number of anilines is 1. The van der Waals surface area contributed by atoms with E-state index in [2.05, 4.69) is 15.8 Å². The zero-order valence-corrected chi connectivity index (χ0v) is 16.2. The van der Waals surface area contributed by atoms with E-state index in [9.17, 15) is 9.59 Å². The fraction of sp³-hybridized carbons (Fsp3) is 0.211. The predicted octanol–water partition coefficient (Wildman–Crippen LogP) is 4.26. The summed E-state index contributed by atoms with van der Waals surface area (Å²) in [5.41, 5.74) is 3.70. The van der Waals surface area contributed by atoms with Gasteiger partial charge in [-0.1, -0.05) is 29.3 Å². The molecular formula is C19H19Cl2N3O3. The van der Waals surface area contributed by atoms with Crippen LogP contribution >= 0.6 is 23.2 Å². The van der Waals surface area contributed by atoms with Crippen LogP contribution in [0, 0.1) is 0 Å². The summed E-state index contributed by atoms with van der Waals surface area (Å²) in [6, 6.07) is 12.0. The van der Waals surface area contributed by atoms with Crippen LogP contribution in [0.1, 0.15) is 25.3 Å². The van der Waals surface area contributed by atoms with Gasteiger partial charge in [0.1, 0.15) is 5.75 Å². The average molecular weight is 408 g/mol. The summed E-state index contributed by atoms with van der Waals surface area (Å²) in [6.45, 7) is 2.48. The number of nitrogens with zero attached hydrogens (tertiary/aromatic N) is 1. The highest BCUT2D eigenvalue weighted by Gasteiger charge is 2.07. The molecule has 0 saturated carbocycles. The molecule has 0 heterocycles. The average Bonchev–Trinajstić information content (AvgIpc) is 2.65. The van der Waals surface area contributed by atoms with Crippen molar-refractivity contribution in [3.05, 3.63) is 58.1 Å². The Morgan fingerprint density at radius 1 is 1.04 bits per heavy atom. The second kappa shape index (κ2) is 10.5. The Morgan fingerprint density at radius 2 is 1.74 bits per heavy atom. The maximum atomic E-state index is 11.9. The molecule has 2 rings (SSSR count). The molecule has 0 aliphatic rings. The van der Waals surface area contributed by atoms with Crippen LogP contribution in [0.15, 0.2) is 47.6 Å². The van der Waals surface area contributed by atoms with Crippen molar-refractivity contribution in [2.24, 2.45) is 5.10 Å². The number of halogens is 2. The van der Waals surface area contributed by atoms with Crippen molar-refractivity contribution in [2.45, 2.75) is 19.8 Å². The van der Waals surface area contributed by atoms with Crippen LogP contribution in [0.2, 0.25) is 10.0 Å². The lowest BCUT2D eigenvalue weighted by molar-refractivity contribution is -0.124. The first-order valence-corrected chi connectivity index (χ1v) is 9.03. The van der Waals surface area contributed by atoms with Crippen LogP contribution in [0.5, 0.6) is 5.75 Å². The SMILES string of the molecule is CCOc1ccc(NC(=O)CCC(=O)N/N=C/c2ccc(Cl)c(Cl)c2)cc1. The highest BCUT2D eigenvalue weighted by atomic mass is 35.5. The molecular weight excluding hydrogens is 389 g/mol. The predicted molar refractivity (Wildman–Crippen MR) is 108 cm³/mol. The quantitative estimate of drug-likeness (QED) is 0.506. The van der Waals surface area contributed by atoms with Crippen molar-refractivity contribution in [3.63, 3.8) is 0 Å². The maximum Gasteiger partial charge on any atom is 0.240 e. The number of rotatable bonds is 8. The van der Waals surface area contributed by atoms with Gasteiger partial charge < -0.3 is 10.1 Å². The van der Waals surface area contributed by atoms with Crippen LogP contribution in [-0.4, -0.2) is 24.6 Å². The number of benzene rings is 2. The van der Waals surface area contributed by atoms with E-state index in [1.165, 1.54) is 6.21 Å². The molecule has 2 aromatic rings. The van der Waals surface area contributed by atoms with E-state index < -0.39 is 0 Å². The molecule has 0 bridgehead atoms. The first-order valence-electron chi connectivity index (χ1n) is 8.27. The van der Waals surface area contributed by atoms with Crippen LogP contribution < -0.4 is 15.5 Å². The Morgan fingerprint density at radius 3 is 2.41 bits per heavy atom. The number of hydrazone groups is 1. The molecule has 0 unspecified atom stereocenters. The first-order chi connectivity index (χ1) is 13.0. The summed E-state index contributed by atoms with van der Waals surface area (Å²) >= 11 is 11.7. The Balaban J connectivity index is 1.73. The molecule has 0 fully saturated rings. The first kappa shape index (κ1) is 20.7. The number of hydrogen-bond donors (Lipinski definition) is 2. The van der Waals surface area contributed by atoms with Gasteiger partial charge >= 0.3 is 0 Å². The molecule has 0 aliphatic carbocycles. The van der Waals surface area contributed by atoms with Gasteiger partial charge in [-0.2, -0.15) is 5.10 Å². The third-order valence-corrected chi connectivity index (χ3v) is 4.11. The highest BCUT2D eigenvalue weighted by Crippen LogP contribution is 2.21. The van der Waals surface area contributed by atoms with Gasteiger partial charge in [0, 0.05) is 18.5 Å². The van der Waals surface area contributed by atoms with Crippen LogP contribution in [0.3, 0.4) is 0 Å². The maximum absolute atomic E-state index is 11.9. The zero-order chi connectivity index (χ0) is 19.6. The molecule has 0 spiro atoms. The molecule has 2 amide bonds. The van der Waals surface area contributed by atoms with E-state index in [1.54, 1.807) is 42.5 Å². The second-order valence-corrected chi connectivity index (χ2v) is 6.29. The summed E-state index contributed by atoms with van der Waals surface area (Å²) in [5, 5.41) is 7.39. The van der Waals surface area contributed by atoms with E-state index in [4.69, 9.17) is 27.9 Å². The minimum atomic E-state index is -0.367.